The Balaban J connectivity index is 2.15. The predicted molar refractivity (Wildman–Crippen MR) is 64.7 cm³/mol. The fourth-order valence-electron chi connectivity index (χ4n) is 1.65. The third-order valence-electron chi connectivity index (χ3n) is 2.65. The molecule has 0 spiro atoms. The monoisotopic (exact) mass is 209 g/mol. The lowest BCUT2D eigenvalue weighted by Gasteiger charge is -2.04. The largest absolute Gasteiger partial charge is 0.396 e. The average Bonchev–Trinajstić information content (AvgIpc) is 2.45. The fourth-order valence-corrected chi connectivity index (χ4v) is 1.65. The molecule has 1 rings (SSSR count). The van der Waals surface area contributed by atoms with Crippen LogP contribution in [0.15, 0.2) is 6.20 Å². The molecule has 1 heterocycles. The molecule has 0 amide bonds. The minimum Gasteiger partial charge on any atom is -0.396 e. The van der Waals surface area contributed by atoms with Gasteiger partial charge in [0.25, 0.3) is 0 Å². The Morgan fingerprint density at radius 2 is 2.07 bits per heavy atom. The van der Waals surface area contributed by atoms with Crippen LogP contribution in [-0.4, -0.2) is 9.78 Å². The van der Waals surface area contributed by atoms with E-state index >= 15 is 0 Å². The number of anilines is 1. The second-order valence-electron chi connectivity index (χ2n) is 4.68. The lowest BCUT2D eigenvalue weighted by atomic mass is 10.1. The predicted octanol–water partition coefficient (Wildman–Crippen LogP) is 2.99. The van der Waals surface area contributed by atoms with Gasteiger partial charge in [0.05, 0.1) is 11.4 Å². The van der Waals surface area contributed by atoms with E-state index in [0.717, 1.165) is 23.8 Å². The first-order valence-corrected chi connectivity index (χ1v) is 5.89. The third kappa shape index (κ3) is 4.36. The molecule has 3 nitrogen and oxygen atoms in total. The van der Waals surface area contributed by atoms with Crippen LogP contribution in [0.4, 0.5) is 5.69 Å². The van der Waals surface area contributed by atoms with Crippen molar-refractivity contribution in [3.63, 3.8) is 0 Å². The normalized spacial score (nSPS) is 11.2. The maximum Gasteiger partial charge on any atom is 0.0822 e. The van der Waals surface area contributed by atoms with E-state index in [9.17, 15) is 0 Å². The highest BCUT2D eigenvalue weighted by Gasteiger charge is 2.00. The number of nitrogens with zero attached hydrogens (tertiary/aromatic N) is 2. The highest BCUT2D eigenvalue weighted by atomic mass is 15.3. The molecular formula is C12H23N3. The van der Waals surface area contributed by atoms with Crippen LogP contribution < -0.4 is 5.73 Å². The Hall–Kier alpha value is -0.990. The molecule has 0 saturated carbocycles. The molecule has 86 valence electrons. The number of hydrogen-bond acceptors (Lipinski definition) is 2. The smallest absolute Gasteiger partial charge is 0.0822 e. The van der Waals surface area contributed by atoms with Gasteiger partial charge in [0.1, 0.15) is 0 Å². The highest BCUT2D eigenvalue weighted by Crippen LogP contribution is 2.10. The standard InChI is InChI=1S/C12H23N3/c1-10(2)7-5-4-6-8-15-9-12(13)11(3)14-15/h9-10H,4-8,13H2,1-3H3. The summed E-state index contributed by atoms with van der Waals surface area (Å²) in [6.45, 7) is 7.50. The van der Waals surface area contributed by atoms with Crippen LogP contribution in [0.1, 0.15) is 45.2 Å². The van der Waals surface area contributed by atoms with Crippen LogP contribution in [-0.2, 0) is 6.54 Å². The molecule has 0 atom stereocenters. The Bertz CT molecular complexity index is 270. The lowest BCUT2D eigenvalue weighted by Crippen LogP contribution is -1.99. The zero-order chi connectivity index (χ0) is 11.3. The van der Waals surface area contributed by atoms with Crippen LogP contribution >= 0.6 is 0 Å². The summed E-state index contributed by atoms with van der Waals surface area (Å²) in [7, 11) is 0. The van der Waals surface area contributed by atoms with Crippen LogP contribution in [0, 0.1) is 12.8 Å². The molecule has 0 unspecified atom stereocenters. The quantitative estimate of drug-likeness (QED) is 0.732. The summed E-state index contributed by atoms with van der Waals surface area (Å²) in [6, 6.07) is 0. The lowest BCUT2D eigenvalue weighted by molar-refractivity contribution is 0.492. The number of nitrogens with two attached hydrogens (primary N) is 1. The number of hydrogen-bond donors (Lipinski definition) is 1. The van der Waals surface area contributed by atoms with Gasteiger partial charge in [-0.15, -0.1) is 0 Å². The summed E-state index contributed by atoms with van der Waals surface area (Å²) in [4.78, 5) is 0. The Labute approximate surface area is 92.7 Å². The van der Waals surface area contributed by atoms with Crippen molar-refractivity contribution in [3.8, 4) is 0 Å². The van der Waals surface area contributed by atoms with Gasteiger partial charge in [-0.2, -0.15) is 5.10 Å². The van der Waals surface area contributed by atoms with Gasteiger partial charge < -0.3 is 5.73 Å². The first kappa shape index (κ1) is 12.1. The summed E-state index contributed by atoms with van der Waals surface area (Å²) in [6.07, 6.45) is 7.08. The molecule has 0 fully saturated rings. The molecule has 1 aromatic rings. The van der Waals surface area contributed by atoms with Crippen molar-refractivity contribution in [1.82, 2.24) is 9.78 Å². The summed E-state index contributed by atoms with van der Waals surface area (Å²) in [5.41, 5.74) is 7.47. The van der Waals surface area contributed by atoms with E-state index in [4.69, 9.17) is 5.73 Å². The SMILES string of the molecule is Cc1nn(CCCCCC(C)C)cc1N. The van der Waals surface area contributed by atoms with Gasteiger partial charge in [0, 0.05) is 12.7 Å². The molecular weight excluding hydrogens is 186 g/mol. The number of rotatable bonds is 6. The highest BCUT2D eigenvalue weighted by molar-refractivity contribution is 5.39. The first-order chi connectivity index (χ1) is 7.09. The number of aromatic nitrogens is 2. The second kappa shape index (κ2) is 5.79. The molecule has 0 aromatic carbocycles. The summed E-state index contributed by atoms with van der Waals surface area (Å²) >= 11 is 0. The molecule has 2 N–H and O–H groups in total. The molecule has 0 aliphatic carbocycles. The number of unbranched alkanes of at least 4 members (excludes halogenated alkanes) is 2. The van der Waals surface area contributed by atoms with E-state index < -0.39 is 0 Å². The van der Waals surface area contributed by atoms with Gasteiger partial charge in [0.15, 0.2) is 0 Å². The van der Waals surface area contributed by atoms with Gasteiger partial charge in [-0.3, -0.25) is 4.68 Å². The molecule has 0 aliphatic rings. The van der Waals surface area contributed by atoms with Crippen LogP contribution in [0.3, 0.4) is 0 Å². The van der Waals surface area contributed by atoms with E-state index in [1.165, 1.54) is 25.7 Å². The minimum atomic E-state index is 0.803. The summed E-state index contributed by atoms with van der Waals surface area (Å²) < 4.78 is 1.96. The van der Waals surface area contributed by atoms with Crippen molar-refractivity contribution in [3.05, 3.63) is 11.9 Å². The maximum absolute atomic E-state index is 5.73. The molecule has 0 bridgehead atoms. The van der Waals surface area contributed by atoms with Crippen molar-refractivity contribution < 1.29 is 0 Å². The van der Waals surface area contributed by atoms with Gasteiger partial charge in [-0.25, -0.2) is 0 Å². The molecule has 3 heteroatoms. The molecule has 0 saturated heterocycles. The second-order valence-corrected chi connectivity index (χ2v) is 4.68. The average molecular weight is 209 g/mol. The fraction of sp³-hybridized carbons (Fsp3) is 0.750. The van der Waals surface area contributed by atoms with Crippen LogP contribution in [0.2, 0.25) is 0 Å². The zero-order valence-corrected chi connectivity index (χ0v) is 10.2. The van der Waals surface area contributed by atoms with Crippen molar-refractivity contribution in [1.29, 1.82) is 0 Å². The topological polar surface area (TPSA) is 43.8 Å². The Kier molecular flexibility index (Phi) is 4.66. The Morgan fingerprint density at radius 1 is 1.33 bits per heavy atom. The van der Waals surface area contributed by atoms with Crippen LogP contribution in [0.5, 0.6) is 0 Å². The molecule has 15 heavy (non-hydrogen) atoms. The molecule has 0 aliphatic heterocycles. The zero-order valence-electron chi connectivity index (χ0n) is 10.2. The molecule has 1 aromatic heterocycles. The maximum atomic E-state index is 5.73. The van der Waals surface area contributed by atoms with Crippen LogP contribution in [0.25, 0.3) is 0 Å². The van der Waals surface area contributed by atoms with E-state index in [-0.39, 0.29) is 0 Å². The minimum absolute atomic E-state index is 0.803. The Morgan fingerprint density at radius 3 is 2.60 bits per heavy atom. The van der Waals surface area contributed by atoms with Crippen molar-refractivity contribution in [2.24, 2.45) is 5.92 Å². The van der Waals surface area contributed by atoms with Gasteiger partial charge in [-0.1, -0.05) is 33.1 Å². The van der Waals surface area contributed by atoms with E-state index in [2.05, 4.69) is 18.9 Å². The van der Waals surface area contributed by atoms with Crippen molar-refractivity contribution >= 4 is 5.69 Å². The summed E-state index contributed by atoms with van der Waals surface area (Å²) in [5.74, 6) is 0.826. The van der Waals surface area contributed by atoms with Gasteiger partial charge in [0.2, 0.25) is 0 Å². The van der Waals surface area contributed by atoms with Gasteiger partial charge in [-0.05, 0) is 19.3 Å². The van der Waals surface area contributed by atoms with E-state index in [0.29, 0.717) is 0 Å². The molecule has 0 radical (unpaired) electrons. The van der Waals surface area contributed by atoms with E-state index in [1.807, 2.05) is 17.8 Å². The van der Waals surface area contributed by atoms with Crippen molar-refractivity contribution in [2.45, 2.75) is 53.0 Å². The summed E-state index contributed by atoms with van der Waals surface area (Å²) in [5, 5.41) is 4.33. The van der Waals surface area contributed by atoms with Gasteiger partial charge >= 0.3 is 0 Å². The number of aryl methyl sites for hydroxylation is 2. The van der Waals surface area contributed by atoms with E-state index in [1.54, 1.807) is 0 Å². The number of nitrogen functional groups attached to an aromatic ring is 1. The third-order valence-corrected chi connectivity index (χ3v) is 2.65. The first-order valence-electron chi connectivity index (χ1n) is 5.89. The van der Waals surface area contributed by atoms with Crippen molar-refractivity contribution in [2.75, 3.05) is 5.73 Å².